The van der Waals surface area contributed by atoms with Crippen molar-refractivity contribution in [3.63, 3.8) is 0 Å². The lowest BCUT2D eigenvalue weighted by Crippen LogP contribution is -2.35. The Kier molecular flexibility index (Phi) is 5.82. The summed E-state index contributed by atoms with van der Waals surface area (Å²) in [6.07, 6.45) is 0. The minimum Gasteiger partial charge on any atom is -0.483 e. The normalized spacial score (nSPS) is 11.2. The molecular weight excluding hydrogens is 308 g/mol. The zero-order chi connectivity index (χ0) is 14.5. The number of carbonyl (C=O) groups is 1. The van der Waals surface area contributed by atoms with Gasteiger partial charge in [-0.2, -0.15) is 0 Å². The summed E-state index contributed by atoms with van der Waals surface area (Å²) in [6.45, 7) is 7.04. The number of carbonyl (C=O) groups excluding carboxylic acids is 1. The lowest BCUT2D eigenvalue weighted by molar-refractivity contribution is -0.122. The van der Waals surface area contributed by atoms with Crippen molar-refractivity contribution in [1.82, 2.24) is 10.6 Å². The van der Waals surface area contributed by atoms with Gasteiger partial charge in [0.1, 0.15) is 5.75 Å². The quantitative estimate of drug-likeness (QED) is 0.872. The lowest BCUT2D eigenvalue weighted by atomic mass is 10.1. The monoisotopic (exact) mass is 328 g/mol. The van der Waals surface area contributed by atoms with E-state index in [2.05, 4.69) is 47.3 Å². The third-order valence-electron chi connectivity index (χ3n) is 2.47. The highest BCUT2D eigenvalue weighted by molar-refractivity contribution is 9.10. The molecule has 0 unspecified atom stereocenters. The van der Waals surface area contributed by atoms with Crippen molar-refractivity contribution in [3.8, 4) is 5.75 Å². The summed E-state index contributed by atoms with van der Waals surface area (Å²) < 4.78 is 6.53. The maximum atomic E-state index is 11.2. The first-order chi connectivity index (χ1) is 8.81. The summed E-state index contributed by atoms with van der Waals surface area (Å²) in [5.74, 6) is 0.584. The Bertz CT molecular complexity index is 442. The molecule has 0 saturated heterocycles. The molecule has 0 heterocycles. The zero-order valence-corrected chi connectivity index (χ0v) is 13.4. The first-order valence-electron chi connectivity index (χ1n) is 6.18. The van der Waals surface area contributed by atoms with Crippen LogP contribution in [-0.4, -0.2) is 25.1 Å². The molecule has 1 aromatic rings. The Morgan fingerprint density at radius 3 is 2.63 bits per heavy atom. The predicted molar refractivity (Wildman–Crippen MR) is 80.3 cm³/mol. The van der Waals surface area contributed by atoms with Crippen LogP contribution in [0.15, 0.2) is 22.7 Å². The second kappa shape index (κ2) is 6.91. The minimum absolute atomic E-state index is 0.0282. The van der Waals surface area contributed by atoms with Gasteiger partial charge in [0.15, 0.2) is 6.61 Å². The van der Waals surface area contributed by atoms with Crippen LogP contribution >= 0.6 is 15.9 Å². The molecule has 0 aliphatic rings. The molecule has 106 valence electrons. The van der Waals surface area contributed by atoms with Crippen LogP contribution < -0.4 is 15.4 Å². The molecule has 0 fully saturated rings. The number of ether oxygens (including phenoxy) is 1. The average molecular weight is 329 g/mol. The number of hydrogen-bond acceptors (Lipinski definition) is 3. The molecule has 1 rings (SSSR count). The van der Waals surface area contributed by atoms with E-state index in [1.54, 1.807) is 7.05 Å². The first-order valence-corrected chi connectivity index (χ1v) is 6.98. The van der Waals surface area contributed by atoms with Gasteiger partial charge in [-0.25, -0.2) is 0 Å². The van der Waals surface area contributed by atoms with Gasteiger partial charge in [0, 0.05) is 29.2 Å². The van der Waals surface area contributed by atoms with E-state index in [1.165, 1.54) is 0 Å². The molecular formula is C14H21BrN2O2. The molecule has 2 N–H and O–H groups in total. The van der Waals surface area contributed by atoms with Crippen LogP contribution in [0.3, 0.4) is 0 Å². The predicted octanol–water partition coefficient (Wildman–Crippen LogP) is 2.46. The molecule has 0 atom stereocenters. The fourth-order valence-corrected chi connectivity index (χ4v) is 1.81. The van der Waals surface area contributed by atoms with E-state index in [9.17, 15) is 4.79 Å². The average Bonchev–Trinajstić information content (AvgIpc) is 2.33. The summed E-state index contributed by atoms with van der Waals surface area (Å²) in [5, 5.41) is 5.94. The summed E-state index contributed by atoms with van der Waals surface area (Å²) in [4.78, 5) is 11.2. The molecule has 0 spiro atoms. The van der Waals surface area contributed by atoms with E-state index < -0.39 is 0 Å². The Labute approximate surface area is 123 Å². The maximum absolute atomic E-state index is 11.2. The fourth-order valence-electron chi connectivity index (χ4n) is 1.40. The summed E-state index contributed by atoms with van der Waals surface area (Å²) in [5.41, 5.74) is 1.05. The Hall–Kier alpha value is -1.07. The third kappa shape index (κ3) is 6.07. The van der Waals surface area contributed by atoms with E-state index in [0.29, 0.717) is 6.54 Å². The van der Waals surface area contributed by atoms with Gasteiger partial charge in [0.25, 0.3) is 5.91 Å². The van der Waals surface area contributed by atoms with Crippen molar-refractivity contribution in [1.29, 1.82) is 0 Å². The minimum atomic E-state index is -0.141. The van der Waals surface area contributed by atoms with E-state index in [1.807, 2.05) is 18.2 Å². The van der Waals surface area contributed by atoms with Gasteiger partial charge in [-0.3, -0.25) is 4.79 Å². The van der Waals surface area contributed by atoms with Gasteiger partial charge in [0.2, 0.25) is 0 Å². The fraction of sp³-hybridized carbons (Fsp3) is 0.500. The van der Waals surface area contributed by atoms with Gasteiger partial charge in [-0.1, -0.05) is 15.9 Å². The van der Waals surface area contributed by atoms with E-state index >= 15 is 0 Å². The Morgan fingerprint density at radius 1 is 1.37 bits per heavy atom. The SMILES string of the molecule is CNC(=O)COc1ccc(Br)cc1CNC(C)(C)C. The maximum Gasteiger partial charge on any atom is 0.257 e. The number of hydrogen-bond donors (Lipinski definition) is 2. The van der Waals surface area contributed by atoms with Crippen molar-refractivity contribution >= 4 is 21.8 Å². The molecule has 0 aliphatic carbocycles. The topological polar surface area (TPSA) is 50.4 Å². The second-order valence-corrected chi connectivity index (χ2v) is 6.23. The van der Waals surface area contributed by atoms with Crippen LogP contribution in [0, 0.1) is 0 Å². The third-order valence-corrected chi connectivity index (χ3v) is 2.96. The van der Waals surface area contributed by atoms with Crippen LogP contribution in [-0.2, 0) is 11.3 Å². The molecule has 1 amide bonds. The summed E-state index contributed by atoms with van der Waals surface area (Å²) >= 11 is 3.45. The molecule has 1 aromatic carbocycles. The second-order valence-electron chi connectivity index (χ2n) is 5.32. The highest BCUT2D eigenvalue weighted by atomic mass is 79.9. The van der Waals surface area contributed by atoms with Crippen molar-refractivity contribution in [2.75, 3.05) is 13.7 Å². The van der Waals surface area contributed by atoms with Crippen LogP contribution in [0.4, 0.5) is 0 Å². The van der Waals surface area contributed by atoms with Crippen molar-refractivity contribution in [2.24, 2.45) is 0 Å². The summed E-state index contributed by atoms with van der Waals surface area (Å²) in [7, 11) is 1.59. The van der Waals surface area contributed by atoms with E-state index in [4.69, 9.17) is 4.74 Å². The highest BCUT2D eigenvalue weighted by Gasteiger charge is 2.12. The van der Waals surface area contributed by atoms with E-state index in [-0.39, 0.29) is 18.1 Å². The van der Waals surface area contributed by atoms with Crippen LogP contribution in [0.5, 0.6) is 5.75 Å². The number of amides is 1. The van der Waals surface area contributed by atoms with Crippen LogP contribution in [0.2, 0.25) is 0 Å². The molecule has 4 nitrogen and oxygen atoms in total. The molecule has 5 heteroatoms. The molecule has 0 radical (unpaired) electrons. The van der Waals surface area contributed by atoms with Gasteiger partial charge >= 0.3 is 0 Å². The van der Waals surface area contributed by atoms with Gasteiger partial charge < -0.3 is 15.4 Å². The van der Waals surface area contributed by atoms with Gasteiger partial charge in [-0.15, -0.1) is 0 Å². The Balaban J connectivity index is 2.76. The Morgan fingerprint density at radius 2 is 2.05 bits per heavy atom. The van der Waals surface area contributed by atoms with Gasteiger partial charge in [-0.05, 0) is 39.0 Å². The first kappa shape index (κ1) is 16.0. The lowest BCUT2D eigenvalue weighted by Gasteiger charge is -2.21. The molecule has 0 bridgehead atoms. The van der Waals surface area contributed by atoms with E-state index in [0.717, 1.165) is 15.8 Å². The largest absolute Gasteiger partial charge is 0.483 e. The number of benzene rings is 1. The smallest absolute Gasteiger partial charge is 0.257 e. The molecule has 0 aliphatic heterocycles. The van der Waals surface area contributed by atoms with Gasteiger partial charge in [0.05, 0.1) is 0 Å². The van der Waals surface area contributed by atoms with Crippen molar-refractivity contribution < 1.29 is 9.53 Å². The molecule has 0 saturated carbocycles. The van der Waals surface area contributed by atoms with Crippen LogP contribution in [0.25, 0.3) is 0 Å². The molecule has 0 aromatic heterocycles. The number of halogens is 1. The van der Waals surface area contributed by atoms with Crippen molar-refractivity contribution in [2.45, 2.75) is 32.9 Å². The molecule has 19 heavy (non-hydrogen) atoms. The number of rotatable bonds is 5. The van der Waals surface area contributed by atoms with Crippen molar-refractivity contribution in [3.05, 3.63) is 28.2 Å². The number of nitrogens with one attached hydrogen (secondary N) is 2. The zero-order valence-electron chi connectivity index (χ0n) is 11.8. The van der Waals surface area contributed by atoms with Crippen LogP contribution in [0.1, 0.15) is 26.3 Å². The number of likely N-dealkylation sites (N-methyl/N-ethyl adjacent to an activating group) is 1. The summed E-state index contributed by atoms with van der Waals surface area (Å²) in [6, 6.07) is 5.77. The highest BCUT2D eigenvalue weighted by Crippen LogP contribution is 2.23. The standard InChI is InChI=1S/C14H21BrN2O2/c1-14(2,3)17-8-10-7-11(15)5-6-12(10)19-9-13(18)16-4/h5-7,17H,8-9H2,1-4H3,(H,16,18).